The van der Waals surface area contributed by atoms with Crippen molar-refractivity contribution in [2.45, 2.75) is 13.1 Å². The lowest BCUT2D eigenvalue weighted by molar-refractivity contribution is -0.153. The quantitative estimate of drug-likeness (QED) is 0.523. The van der Waals surface area contributed by atoms with Crippen molar-refractivity contribution in [1.29, 1.82) is 0 Å². The Labute approximate surface area is 107 Å². The van der Waals surface area contributed by atoms with Crippen molar-refractivity contribution in [3.63, 3.8) is 0 Å². The summed E-state index contributed by atoms with van der Waals surface area (Å²) in [6, 6.07) is 4.39. The van der Waals surface area contributed by atoms with Crippen molar-refractivity contribution in [3.8, 4) is 5.75 Å². The molecule has 0 aliphatic rings. The van der Waals surface area contributed by atoms with Crippen molar-refractivity contribution in [2.24, 2.45) is 10.7 Å². The maximum Gasteiger partial charge on any atom is 0.422 e. The minimum absolute atomic E-state index is 0.0891. The zero-order valence-corrected chi connectivity index (χ0v) is 10.3. The number of benzene rings is 1. The van der Waals surface area contributed by atoms with Gasteiger partial charge in [0.1, 0.15) is 11.6 Å². The summed E-state index contributed by atoms with van der Waals surface area (Å²) in [6.45, 7) is 0.375. The molecule has 18 heavy (non-hydrogen) atoms. The van der Waals surface area contributed by atoms with Crippen LogP contribution >= 0.6 is 11.6 Å². The number of aliphatic imine (C=N–C) groups is 1. The van der Waals surface area contributed by atoms with Crippen molar-refractivity contribution in [3.05, 3.63) is 23.8 Å². The number of aryl methyl sites for hydroxylation is 1. The molecule has 7 heteroatoms. The van der Waals surface area contributed by atoms with Gasteiger partial charge in [0.25, 0.3) is 0 Å². The highest BCUT2D eigenvalue weighted by atomic mass is 35.5. The van der Waals surface area contributed by atoms with E-state index in [0.717, 1.165) is 0 Å². The third kappa shape index (κ3) is 4.83. The van der Waals surface area contributed by atoms with Crippen LogP contribution < -0.4 is 10.5 Å². The fraction of sp³-hybridized carbons (Fsp3) is 0.364. The third-order valence-corrected chi connectivity index (χ3v) is 2.25. The number of halogens is 4. The molecule has 100 valence electrons. The second kappa shape index (κ2) is 5.95. The largest absolute Gasteiger partial charge is 0.484 e. The van der Waals surface area contributed by atoms with E-state index in [-0.39, 0.29) is 17.5 Å². The Hall–Kier alpha value is -1.43. The number of nitrogens with zero attached hydrogens (tertiary/aromatic N) is 1. The highest BCUT2D eigenvalue weighted by molar-refractivity contribution is 6.28. The lowest BCUT2D eigenvalue weighted by atomic mass is 10.2. The minimum Gasteiger partial charge on any atom is -0.484 e. The second-order valence-electron chi connectivity index (χ2n) is 3.59. The van der Waals surface area contributed by atoms with Gasteiger partial charge >= 0.3 is 6.18 Å². The fourth-order valence-corrected chi connectivity index (χ4v) is 1.25. The molecule has 0 atom stereocenters. The minimum atomic E-state index is -4.35. The molecule has 0 saturated heterocycles. The number of ether oxygens (including phenoxy) is 1. The van der Waals surface area contributed by atoms with Crippen molar-refractivity contribution >= 4 is 23.1 Å². The Morgan fingerprint density at radius 2 is 2.11 bits per heavy atom. The van der Waals surface area contributed by atoms with Crippen LogP contribution in [0.1, 0.15) is 5.56 Å². The molecular weight excluding hydrogens is 269 g/mol. The summed E-state index contributed by atoms with van der Waals surface area (Å²) in [5.41, 5.74) is 6.67. The lowest BCUT2D eigenvalue weighted by Gasteiger charge is -2.10. The van der Waals surface area contributed by atoms with Crippen molar-refractivity contribution < 1.29 is 17.9 Å². The van der Waals surface area contributed by atoms with Gasteiger partial charge in [-0.3, -0.25) is 0 Å². The van der Waals surface area contributed by atoms with E-state index in [2.05, 4.69) is 9.73 Å². The summed E-state index contributed by atoms with van der Waals surface area (Å²) in [5.74, 6) is 0.461. The predicted molar refractivity (Wildman–Crippen MR) is 64.7 cm³/mol. The number of hydrogen-bond acceptors (Lipinski definition) is 2. The standard InChI is InChI=1S/C11H12ClF3N2O/c1-7-4-8(18-6-11(13,14)15)2-3-9(7)17-10(16)5-12/h2-4H,5-6H2,1H3,(H2,16,17). The van der Waals surface area contributed by atoms with Crippen LogP contribution in [0.5, 0.6) is 5.75 Å². The molecular formula is C11H12ClF3N2O. The molecule has 0 saturated carbocycles. The Morgan fingerprint density at radius 3 is 2.61 bits per heavy atom. The Kier molecular flexibility index (Phi) is 4.84. The zero-order valence-electron chi connectivity index (χ0n) is 9.59. The average molecular weight is 281 g/mol. The first-order valence-electron chi connectivity index (χ1n) is 5.01. The summed E-state index contributed by atoms with van der Waals surface area (Å²) in [4.78, 5) is 4.01. The van der Waals surface area contributed by atoms with Crippen LogP contribution in [0, 0.1) is 6.92 Å². The Balaban J connectivity index is 2.80. The van der Waals surface area contributed by atoms with Crippen LogP contribution in [0.25, 0.3) is 0 Å². The monoisotopic (exact) mass is 280 g/mol. The molecule has 1 aromatic rings. The van der Waals surface area contributed by atoms with Gasteiger partial charge in [-0.25, -0.2) is 4.99 Å². The number of rotatable bonds is 4. The summed E-state index contributed by atoms with van der Waals surface area (Å²) in [7, 11) is 0. The highest BCUT2D eigenvalue weighted by Crippen LogP contribution is 2.25. The van der Waals surface area contributed by atoms with E-state index in [1.54, 1.807) is 6.92 Å². The molecule has 3 nitrogen and oxygen atoms in total. The van der Waals surface area contributed by atoms with Crippen molar-refractivity contribution in [1.82, 2.24) is 0 Å². The molecule has 0 aliphatic heterocycles. The fourth-order valence-electron chi connectivity index (χ4n) is 1.19. The lowest BCUT2D eigenvalue weighted by Crippen LogP contribution is -2.19. The van der Waals surface area contributed by atoms with Crippen LogP contribution in [0.3, 0.4) is 0 Å². The van der Waals surface area contributed by atoms with Gasteiger partial charge < -0.3 is 10.5 Å². The van der Waals surface area contributed by atoms with Gasteiger partial charge in [-0.1, -0.05) is 0 Å². The molecule has 0 aromatic heterocycles. The molecule has 0 radical (unpaired) electrons. The summed E-state index contributed by atoms with van der Waals surface area (Å²) in [5, 5.41) is 0. The first-order valence-corrected chi connectivity index (χ1v) is 5.54. The van der Waals surface area contributed by atoms with Crippen LogP contribution in [-0.2, 0) is 0 Å². The van der Waals surface area contributed by atoms with Gasteiger partial charge in [-0.05, 0) is 30.7 Å². The van der Waals surface area contributed by atoms with Crippen LogP contribution in [0.15, 0.2) is 23.2 Å². The first-order chi connectivity index (χ1) is 8.31. The molecule has 0 amide bonds. The van der Waals surface area contributed by atoms with E-state index in [0.29, 0.717) is 11.3 Å². The molecule has 1 rings (SSSR count). The van der Waals surface area contributed by atoms with Gasteiger partial charge in [0.2, 0.25) is 0 Å². The topological polar surface area (TPSA) is 47.6 Å². The third-order valence-electron chi connectivity index (χ3n) is 1.97. The number of nitrogens with two attached hydrogens (primary N) is 1. The Morgan fingerprint density at radius 1 is 1.44 bits per heavy atom. The van der Waals surface area contributed by atoms with Crippen molar-refractivity contribution in [2.75, 3.05) is 12.5 Å². The normalized spacial score (nSPS) is 12.6. The molecule has 0 fully saturated rings. The highest BCUT2D eigenvalue weighted by Gasteiger charge is 2.28. The SMILES string of the molecule is Cc1cc(OCC(F)(F)F)ccc1N=C(N)CCl. The van der Waals surface area contributed by atoms with E-state index >= 15 is 0 Å². The average Bonchev–Trinajstić information content (AvgIpc) is 2.28. The zero-order chi connectivity index (χ0) is 13.8. The number of hydrogen-bond donors (Lipinski definition) is 1. The van der Waals surface area contributed by atoms with E-state index in [1.807, 2.05) is 0 Å². The molecule has 0 heterocycles. The second-order valence-corrected chi connectivity index (χ2v) is 3.86. The smallest absolute Gasteiger partial charge is 0.422 e. The molecule has 0 bridgehead atoms. The van der Waals surface area contributed by atoms with Crippen LogP contribution in [-0.4, -0.2) is 24.5 Å². The maximum absolute atomic E-state index is 12.0. The van der Waals surface area contributed by atoms with E-state index < -0.39 is 12.8 Å². The van der Waals surface area contributed by atoms with Gasteiger partial charge in [-0.15, -0.1) is 11.6 Å². The molecule has 0 spiro atoms. The van der Waals surface area contributed by atoms with E-state index in [1.165, 1.54) is 18.2 Å². The van der Waals surface area contributed by atoms with Gasteiger partial charge in [-0.2, -0.15) is 13.2 Å². The van der Waals surface area contributed by atoms with Crippen LogP contribution in [0.2, 0.25) is 0 Å². The van der Waals surface area contributed by atoms with Crippen LogP contribution in [0.4, 0.5) is 18.9 Å². The van der Waals surface area contributed by atoms with Gasteiger partial charge in [0, 0.05) is 0 Å². The molecule has 0 aliphatic carbocycles. The molecule has 2 N–H and O–H groups in total. The predicted octanol–water partition coefficient (Wildman–Crippen LogP) is 3.16. The molecule has 1 aromatic carbocycles. The number of alkyl halides is 4. The summed E-state index contributed by atoms with van der Waals surface area (Å²) < 4.78 is 40.5. The summed E-state index contributed by atoms with van der Waals surface area (Å²) in [6.07, 6.45) is -4.35. The molecule has 0 unspecified atom stereocenters. The maximum atomic E-state index is 12.0. The van der Waals surface area contributed by atoms with Gasteiger partial charge in [0.15, 0.2) is 6.61 Å². The van der Waals surface area contributed by atoms with E-state index in [9.17, 15) is 13.2 Å². The number of amidine groups is 1. The summed E-state index contributed by atoms with van der Waals surface area (Å²) >= 11 is 5.48. The first kappa shape index (κ1) is 14.6. The Bertz CT molecular complexity index is 446. The van der Waals surface area contributed by atoms with Gasteiger partial charge in [0.05, 0.1) is 11.6 Å². The van der Waals surface area contributed by atoms with E-state index in [4.69, 9.17) is 17.3 Å².